The van der Waals surface area contributed by atoms with Crippen molar-refractivity contribution < 1.29 is 4.74 Å². The van der Waals surface area contributed by atoms with E-state index in [1.807, 2.05) is 12.1 Å². The maximum Gasteiger partial charge on any atom is 0.0469 e. The molecule has 0 aromatic heterocycles. The third kappa shape index (κ3) is 4.73. The smallest absolute Gasteiger partial charge is 0.0469 e. The van der Waals surface area contributed by atoms with Gasteiger partial charge in [-0.2, -0.15) is 0 Å². The largest absolute Gasteiger partial charge is 0.381 e. The summed E-state index contributed by atoms with van der Waals surface area (Å²) >= 11 is 6.48. The molecule has 1 atom stereocenters. The zero-order valence-electron chi connectivity index (χ0n) is 12.7. The first-order chi connectivity index (χ1) is 9.86. The lowest BCUT2D eigenvalue weighted by Gasteiger charge is -2.41. The molecule has 126 valence electrons. The molecule has 2 aliphatic heterocycles. The molecule has 0 unspecified atom stereocenters. The highest BCUT2D eigenvalue weighted by Gasteiger charge is 2.32. The van der Waals surface area contributed by atoms with Crippen molar-refractivity contribution in [3.63, 3.8) is 0 Å². The minimum atomic E-state index is 0. The van der Waals surface area contributed by atoms with Crippen LogP contribution in [-0.4, -0.2) is 44.3 Å². The highest BCUT2D eigenvalue weighted by molar-refractivity contribution is 6.31. The topological polar surface area (TPSA) is 24.5 Å². The average molecular weight is 368 g/mol. The summed E-state index contributed by atoms with van der Waals surface area (Å²) in [6.07, 6.45) is 2.28. The molecule has 1 N–H and O–H groups in total. The molecule has 1 aromatic carbocycles. The van der Waals surface area contributed by atoms with Gasteiger partial charge in [-0.1, -0.05) is 29.8 Å². The molecule has 2 saturated heterocycles. The van der Waals surface area contributed by atoms with Crippen molar-refractivity contribution in [2.45, 2.75) is 18.9 Å². The lowest BCUT2D eigenvalue weighted by molar-refractivity contribution is 0.0213. The summed E-state index contributed by atoms with van der Waals surface area (Å²) in [6.45, 7) is 6.13. The van der Waals surface area contributed by atoms with E-state index in [2.05, 4.69) is 22.3 Å². The molecule has 2 heterocycles. The van der Waals surface area contributed by atoms with Crippen molar-refractivity contribution in [2.75, 3.05) is 39.4 Å². The maximum atomic E-state index is 6.48. The highest BCUT2D eigenvalue weighted by Crippen LogP contribution is 2.38. The van der Waals surface area contributed by atoms with Crippen molar-refractivity contribution in [3.8, 4) is 0 Å². The zero-order chi connectivity index (χ0) is 13.8. The minimum Gasteiger partial charge on any atom is -0.381 e. The van der Waals surface area contributed by atoms with Gasteiger partial charge in [0, 0.05) is 50.5 Å². The number of hydrogen-bond donors (Lipinski definition) is 1. The Bertz CT molecular complexity index is 417. The molecule has 3 nitrogen and oxygen atoms in total. The Morgan fingerprint density at radius 2 is 1.73 bits per heavy atom. The quantitative estimate of drug-likeness (QED) is 0.884. The third-order valence-corrected chi connectivity index (χ3v) is 4.83. The molecule has 1 aromatic rings. The highest BCUT2D eigenvalue weighted by atomic mass is 35.5. The molecule has 22 heavy (non-hydrogen) atoms. The number of benzene rings is 1. The van der Waals surface area contributed by atoms with Crippen molar-refractivity contribution in [3.05, 3.63) is 34.9 Å². The van der Waals surface area contributed by atoms with Gasteiger partial charge in [-0.3, -0.25) is 4.90 Å². The zero-order valence-corrected chi connectivity index (χ0v) is 15.1. The molecule has 6 heteroatoms. The first kappa shape index (κ1) is 20.0. The van der Waals surface area contributed by atoms with E-state index in [1.54, 1.807) is 0 Å². The molecule has 0 aliphatic carbocycles. The van der Waals surface area contributed by atoms with Crippen LogP contribution in [0.15, 0.2) is 24.3 Å². The third-order valence-electron chi connectivity index (χ3n) is 4.48. The molecule has 0 saturated carbocycles. The summed E-state index contributed by atoms with van der Waals surface area (Å²) in [5, 5.41) is 4.34. The molecule has 3 rings (SSSR count). The van der Waals surface area contributed by atoms with Gasteiger partial charge in [0.2, 0.25) is 0 Å². The Balaban J connectivity index is 0.00000121. The van der Waals surface area contributed by atoms with Crippen molar-refractivity contribution in [1.29, 1.82) is 0 Å². The van der Waals surface area contributed by atoms with Gasteiger partial charge >= 0.3 is 0 Å². The average Bonchev–Trinajstić information content (AvgIpc) is 2.52. The first-order valence-electron chi connectivity index (χ1n) is 7.63. The number of halogens is 3. The van der Waals surface area contributed by atoms with Gasteiger partial charge in [-0.05, 0) is 30.4 Å². The second-order valence-electron chi connectivity index (χ2n) is 5.70. The number of ether oxygens (including phenoxy) is 1. The van der Waals surface area contributed by atoms with Crippen molar-refractivity contribution >= 4 is 36.4 Å². The Morgan fingerprint density at radius 1 is 1.09 bits per heavy atom. The Hall–Kier alpha value is -0.0300. The molecule has 0 bridgehead atoms. The van der Waals surface area contributed by atoms with E-state index in [0.29, 0.717) is 12.0 Å². The monoisotopic (exact) mass is 366 g/mol. The van der Waals surface area contributed by atoms with E-state index >= 15 is 0 Å². The van der Waals surface area contributed by atoms with Crippen LogP contribution in [-0.2, 0) is 4.74 Å². The summed E-state index contributed by atoms with van der Waals surface area (Å²) in [5.41, 5.74) is 1.29. The molecule has 0 amide bonds. The molecule has 2 aliphatic rings. The normalized spacial score (nSPS) is 21.5. The number of rotatable bonds is 3. The lowest BCUT2D eigenvalue weighted by Crippen LogP contribution is -2.47. The first-order valence-corrected chi connectivity index (χ1v) is 8.01. The predicted molar refractivity (Wildman–Crippen MR) is 96.7 cm³/mol. The van der Waals surface area contributed by atoms with Gasteiger partial charge in [0.25, 0.3) is 0 Å². The summed E-state index contributed by atoms with van der Waals surface area (Å²) in [6, 6.07) is 8.78. The van der Waals surface area contributed by atoms with Gasteiger partial charge in [-0.25, -0.2) is 0 Å². The van der Waals surface area contributed by atoms with Gasteiger partial charge in [0.15, 0.2) is 0 Å². The predicted octanol–water partition coefficient (Wildman–Crippen LogP) is 3.56. The van der Waals surface area contributed by atoms with Crippen LogP contribution in [0.25, 0.3) is 0 Å². The van der Waals surface area contributed by atoms with E-state index in [4.69, 9.17) is 16.3 Å². The van der Waals surface area contributed by atoms with Gasteiger partial charge < -0.3 is 10.1 Å². The summed E-state index contributed by atoms with van der Waals surface area (Å²) in [5.74, 6) is 0.654. The van der Waals surface area contributed by atoms with E-state index in [1.165, 1.54) is 5.56 Å². The lowest BCUT2D eigenvalue weighted by atomic mass is 9.85. The van der Waals surface area contributed by atoms with E-state index in [0.717, 1.165) is 57.3 Å². The van der Waals surface area contributed by atoms with Crippen LogP contribution in [0.1, 0.15) is 24.4 Å². The second kappa shape index (κ2) is 9.96. The van der Waals surface area contributed by atoms with E-state index < -0.39 is 0 Å². The van der Waals surface area contributed by atoms with Crippen LogP contribution in [0.3, 0.4) is 0 Å². The number of hydrogen-bond acceptors (Lipinski definition) is 3. The molecule has 2 fully saturated rings. The van der Waals surface area contributed by atoms with Gasteiger partial charge in [-0.15, -0.1) is 24.8 Å². The second-order valence-corrected chi connectivity index (χ2v) is 6.11. The van der Waals surface area contributed by atoms with Crippen molar-refractivity contribution in [1.82, 2.24) is 10.2 Å². The summed E-state index contributed by atoms with van der Waals surface area (Å²) in [7, 11) is 0. The fourth-order valence-corrected chi connectivity index (χ4v) is 3.70. The molecule has 0 radical (unpaired) electrons. The van der Waals surface area contributed by atoms with Crippen LogP contribution in [0.5, 0.6) is 0 Å². The summed E-state index contributed by atoms with van der Waals surface area (Å²) in [4.78, 5) is 2.60. The number of nitrogens with one attached hydrogen (secondary N) is 1. The van der Waals surface area contributed by atoms with Crippen LogP contribution in [0.2, 0.25) is 5.02 Å². The molecular weight excluding hydrogens is 343 g/mol. The number of piperazine rings is 1. The van der Waals surface area contributed by atoms with E-state index in [9.17, 15) is 0 Å². The van der Waals surface area contributed by atoms with Gasteiger partial charge in [0.1, 0.15) is 0 Å². The van der Waals surface area contributed by atoms with E-state index in [-0.39, 0.29) is 24.8 Å². The van der Waals surface area contributed by atoms with Gasteiger partial charge in [0.05, 0.1) is 0 Å². The Morgan fingerprint density at radius 3 is 2.36 bits per heavy atom. The maximum absolute atomic E-state index is 6.48. The summed E-state index contributed by atoms with van der Waals surface area (Å²) < 4.78 is 5.54. The van der Waals surface area contributed by atoms with Crippen LogP contribution >= 0.6 is 36.4 Å². The fraction of sp³-hybridized carbons (Fsp3) is 0.625. The van der Waals surface area contributed by atoms with Crippen LogP contribution in [0, 0.1) is 5.92 Å². The van der Waals surface area contributed by atoms with Crippen LogP contribution < -0.4 is 5.32 Å². The minimum absolute atomic E-state index is 0. The van der Waals surface area contributed by atoms with Crippen LogP contribution in [0.4, 0.5) is 0 Å². The standard InChI is InChI=1S/C16H23ClN2O.2ClH/c17-15-4-2-1-3-14(15)16(13-5-11-20-12-6-13)19-9-7-18-8-10-19;;/h1-4,13,16,18H,5-12H2;2*1H/t16-;;/m0../s1. The molecular formula is C16H25Cl3N2O. The fourth-order valence-electron chi connectivity index (χ4n) is 3.46. The van der Waals surface area contributed by atoms with Crippen molar-refractivity contribution in [2.24, 2.45) is 5.92 Å². The Kier molecular flexibility index (Phi) is 9.07. The number of nitrogens with zero attached hydrogens (tertiary/aromatic N) is 1. The SMILES string of the molecule is Cl.Cl.Clc1ccccc1[C@H](C1CCOCC1)N1CCNCC1. The Labute approximate surface area is 150 Å². The molecule has 0 spiro atoms.